The zero-order chi connectivity index (χ0) is 16.4. The monoisotopic (exact) mass is 324 g/mol. The van der Waals surface area contributed by atoms with Crippen molar-refractivity contribution in [2.45, 2.75) is 11.8 Å². The van der Waals surface area contributed by atoms with E-state index in [4.69, 9.17) is 0 Å². The quantitative estimate of drug-likeness (QED) is 0.739. The Labute approximate surface area is 135 Å². The number of aryl methyl sites for hydroxylation is 1. The van der Waals surface area contributed by atoms with Crippen molar-refractivity contribution in [2.24, 2.45) is 0 Å². The summed E-state index contributed by atoms with van der Waals surface area (Å²) in [6.45, 7) is 1.89. The molecule has 0 unspecified atom stereocenters. The molecule has 0 aliphatic carbocycles. The van der Waals surface area contributed by atoms with E-state index in [1.54, 1.807) is 30.7 Å². The molecule has 0 spiro atoms. The molecule has 4 nitrogen and oxygen atoms in total. The van der Waals surface area contributed by atoms with Crippen LogP contribution in [0.4, 0.5) is 0 Å². The lowest BCUT2D eigenvalue weighted by molar-refractivity contribution is 0.602. The van der Waals surface area contributed by atoms with E-state index in [-0.39, 0.29) is 0 Å². The Balaban J connectivity index is 2.23. The Hall–Kier alpha value is -2.53. The third-order valence-electron chi connectivity index (χ3n) is 3.53. The molecule has 0 amide bonds. The normalized spacial score (nSPS) is 11.4. The van der Waals surface area contributed by atoms with Crippen molar-refractivity contribution in [3.63, 3.8) is 0 Å². The topological polar surface area (TPSA) is 59.9 Å². The number of pyridine rings is 2. The number of hydrogen-bond donors (Lipinski definition) is 0. The Morgan fingerprint density at radius 1 is 0.957 bits per heavy atom. The second-order valence-electron chi connectivity index (χ2n) is 5.45. The Morgan fingerprint density at radius 3 is 2.43 bits per heavy atom. The number of hydrogen-bond acceptors (Lipinski definition) is 4. The second kappa shape index (κ2) is 5.93. The summed E-state index contributed by atoms with van der Waals surface area (Å²) in [5.41, 5.74) is 4.28. The molecule has 0 saturated heterocycles. The summed E-state index contributed by atoms with van der Waals surface area (Å²) >= 11 is 0. The number of sulfone groups is 1. The van der Waals surface area contributed by atoms with Crippen molar-refractivity contribution in [1.29, 1.82) is 0 Å². The average Bonchev–Trinajstić information content (AvgIpc) is 2.54. The van der Waals surface area contributed by atoms with Crippen LogP contribution in [0.2, 0.25) is 0 Å². The van der Waals surface area contributed by atoms with Gasteiger partial charge in [0.1, 0.15) is 0 Å². The predicted octanol–water partition coefficient (Wildman–Crippen LogP) is 3.52. The minimum Gasteiger partial charge on any atom is -0.264 e. The van der Waals surface area contributed by atoms with Gasteiger partial charge in [-0.2, -0.15) is 0 Å². The summed E-state index contributed by atoms with van der Waals surface area (Å²) in [6, 6.07) is 12.9. The van der Waals surface area contributed by atoms with E-state index in [9.17, 15) is 8.42 Å². The number of benzene rings is 1. The van der Waals surface area contributed by atoms with Crippen LogP contribution in [-0.4, -0.2) is 24.6 Å². The molecule has 0 aliphatic heterocycles. The summed E-state index contributed by atoms with van der Waals surface area (Å²) in [5, 5.41) is 0. The van der Waals surface area contributed by atoms with Gasteiger partial charge in [-0.1, -0.05) is 12.1 Å². The largest absolute Gasteiger partial charge is 0.264 e. The van der Waals surface area contributed by atoms with Crippen LogP contribution in [-0.2, 0) is 9.84 Å². The molecule has 23 heavy (non-hydrogen) atoms. The first-order valence-corrected chi connectivity index (χ1v) is 9.02. The van der Waals surface area contributed by atoms with E-state index in [1.165, 1.54) is 6.26 Å². The van der Waals surface area contributed by atoms with Crippen molar-refractivity contribution in [3.05, 3.63) is 66.6 Å². The maximum Gasteiger partial charge on any atom is 0.175 e. The molecule has 0 N–H and O–H groups in total. The summed E-state index contributed by atoms with van der Waals surface area (Å²) in [5.74, 6) is 0. The average molecular weight is 324 g/mol. The molecular formula is C18H16N2O2S. The molecule has 2 heterocycles. The van der Waals surface area contributed by atoms with Gasteiger partial charge in [0.05, 0.1) is 10.6 Å². The molecular weight excluding hydrogens is 308 g/mol. The lowest BCUT2D eigenvalue weighted by Crippen LogP contribution is -1.99. The first kappa shape index (κ1) is 15.4. The summed E-state index contributed by atoms with van der Waals surface area (Å²) < 4.78 is 23.8. The van der Waals surface area contributed by atoms with Gasteiger partial charge < -0.3 is 0 Å². The second-order valence-corrected chi connectivity index (χ2v) is 7.46. The first-order chi connectivity index (χ1) is 10.9. The van der Waals surface area contributed by atoms with Crippen LogP contribution in [0.15, 0.2) is 66.0 Å². The van der Waals surface area contributed by atoms with E-state index in [0.29, 0.717) is 4.90 Å². The van der Waals surface area contributed by atoms with Gasteiger partial charge in [-0.05, 0) is 48.4 Å². The zero-order valence-corrected chi connectivity index (χ0v) is 13.7. The Kier molecular flexibility index (Phi) is 3.96. The van der Waals surface area contributed by atoms with Gasteiger partial charge in [0.2, 0.25) is 0 Å². The van der Waals surface area contributed by atoms with Crippen molar-refractivity contribution >= 4 is 9.84 Å². The van der Waals surface area contributed by atoms with Crippen LogP contribution in [0.3, 0.4) is 0 Å². The van der Waals surface area contributed by atoms with Gasteiger partial charge in [-0.15, -0.1) is 0 Å². The minimum atomic E-state index is -3.27. The van der Waals surface area contributed by atoms with Crippen molar-refractivity contribution in [3.8, 4) is 22.4 Å². The van der Waals surface area contributed by atoms with Gasteiger partial charge in [0.25, 0.3) is 0 Å². The highest BCUT2D eigenvalue weighted by Gasteiger charge is 2.13. The molecule has 0 fully saturated rings. The van der Waals surface area contributed by atoms with Crippen LogP contribution in [0.25, 0.3) is 22.4 Å². The molecule has 1 aromatic carbocycles. The first-order valence-electron chi connectivity index (χ1n) is 7.13. The van der Waals surface area contributed by atoms with E-state index < -0.39 is 9.84 Å². The Morgan fingerprint density at radius 2 is 1.74 bits per heavy atom. The van der Waals surface area contributed by atoms with Crippen molar-refractivity contribution in [1.82, 2.24) is 9.97 Å². The maximum absolute atomic E-state index is 11.9. The molecule has 0 saturated carbocycles. The van der Waals surface area contributed by atoms with Crippen LogP contribution in [0.5, 0.6) is 0 Å². The van der Waals surface area contributed by atoms with Gasteiger partial charge >= 0.3 is 0 Å². The van der Waals surface area contributed by atoms with Crippen LogP contribution in [0, 0.1) is 6.92 Å². The standard InChI is InChI=1S/C18H16N2O2S/c1-13-9-15(11-16(10-13)23(2,21)22)17-6-4-8-20-18(17)14-5-3-7-19-12-14/h3-12H,1-2H3. The molecule has 5 heteroatoms. The molecule has 3 aromatic rings. The maximum atomic E-state index is 11.9. The van der Waals surface area contributed by atoms with Crippen LogP contribution >= 0.6 is 0 Å². The fraction of sp³-hybridized carbons (Fsp3) is 0.111. The Bertz CT molecular complexity index is 952. The van der Waals surface area contributed by atoms with E-state index in [1.807, 2.05) is 37.3 Å². The summed E-state index contributed by atoms with van der Waals surface area (Å²) in [6.07, 6.45) is 6.40. The lowest BCUT2D eigenvalue weighted by Gasteiger charge is -2.11. The third-order valence-corrected chi connectivity index (χ3v) is 4.62. The molecule has 116 valence electrons. The molecule has 2 aromatic heterocycles. The van der Waals surface area contributed by atoms with Gasteiger partial charge in [0.15, 0.2) is 9.84 Å². The molecule has 0 bridgehead atoms. The lowest BCUT2D eigenvalue weighted by atomic mass is 9.99. The highest BCUT2D eigenvalue weighted by molar-refractivity contribution is 7.90. The highest BCUT2D eigenvalue weighted by atomic mass is 32.2. The molecule has 3 rings (SSSR count). The SMILES string of the molecule is Cc1cc(-c2cccnc2-c2cccnc2)cc(S(C)(=O)=O)c1. The number of rotatable bonds is 3. The van der Waals surface area contributed by atoms with Crippen molar-refractivity contribution in [2.75, 3.05) is 6.26 Å². The smallest absolute Gasteiger partial charge is 0.175 e. The molecule has 0 radical (unpaired) electrons. The fourth-order valence-corrected chi connectivity index (χ4v) is 3.23. The highest BCUT2D eigenvalue weighted by Crippen LogP contribution is 2.31. The van der Waals surface area contributed by atoms with E-state index in [2.05, 4.69) is 9.97 Å². The predicted molar refractivity (Wildman–Crippen MR) is 90.8 cm³/mol. The van der Waals surface area contributed by atoms with Crippen LogP contribution < -0.4 is 0 Å². The van der Waals surface area contributed by atoms with E-state index >= 15 is 0 Å². The molecule has 0 aliphatic rings. The number of nitrogens with zero attached hydrogens (tertiary/aromatic N) is 2. The summed E-state index contributed by atoms with van der Waals surface area (Å²) in [7, 11) is -3.27. The molecule has 0 atom stereocenters. The fourth-order valence-electron chi connectivity index (χ4n) is 2.49. The van der Waals surface area contributed by atoms with Gasteiger partial charge in [-0.25, -0.2) is 8.42 Å². The zero-order valence-electron chi connectivity index (χ0n) is 12.9. The summed E-state index contributed by atoms with van der Waals surface area (Å²) in [4.78, 5) is 8.91. The number of aromatic nitrogens is 2. The van der Waals surface area contributed by atoms with Gasteiger partial charge in [0, 0.05) is 36.0 Å². The van der Waals surface area contributed by atoms with E-state index in [0.717, 1.165) is 27.9 Å². The van der Waals surface area contributed by atoms with Gasteiger partial charge in [-0.3, -0.25) is 9.97 Å². The van der Waals surface area contributed by atoms with Crippen molar-refractivity contribution < 1.29 is 8.42 Å². The van der Waals surface area contributed by atoms with Crippen LogP contribution in [0.1, 0.15) is 5.56 Å². The third kappa shape index (κ3) is 3.29. The minimum absolute atomic E-state index is 0.313.